The van der Waals surface area contributed by atoms with Crippen molar-refractivity contribution in [3.05, 3.63) is 60.3 Å². The van der Waals surface area contributed by atoms with Crippen LogP contribution in [0.15, 0.2) is 54.7 Å². The van der Waals surface area contributed by atoms with Gasteiger partial charge in [0.05, 0.1) is 26.5 Å². The van der Waals surface area contributed by atoms with Crippen molar-refractivity contribution in [3.63, 3.8) is 0 Å². The number of halogens is 3. The fourth-order valence-corrected chi connectivity index (χ4v) is 3.34. The van der Waals surface area contributed by atoms with Gasteiger partial charge in [0.15, 0.2) is 5.82 Å². The highest BCUT2D eigenvalue weighted by Gasteiger charge is 2.35. The molecular formula is C22H20F3N5O3. The minimum absolute atomic E-state index is 0.146. The van der Waals surface area contributed by atoms with E-state index >= 15 is 0 Å². The maximum absolute atomic E-state index is 13.6. The molecule has 33 heavy (non-hydrogen) atoms. The number of carbonyl (C=O) groups excluding carboxylic acids is 1. The van der Waals surface area contributed by atoms with Gasteiger partial charge in [0.1, 0.15) is 18.0 Å². The second-order valence-electron chi connectivity index (χ2n) is 7.11. The monoisotopic (exact) mass is 459 g/mol. The number of aromatic nitrogens is 2. The van der Waals surface area contributed by atoms with Gasteiger partial charge in [-0.05, 0) is 48.5 Å². The zero-order valence-electron chi connectivity index (χ0n) is 17.8. The van der Waals surface area contributed by atoms with Crippen LogP contribution >= 0.6 is 0 Å². The van der Waals surface area contributed by atoms with Gasteiger partial charge in [-0.1, -0.05) is 0 Å². The molecule has 0 saturated carbocycles. The topological polar surface area (TPSA) is 79.8 Å². The first kappa shape index (κ1) is 22.2. The Morgan fingerprint density at radius 3 is 2.09 bits per heavy atom. The number of hydrogen-bond acceptors (Lipinski definition) is 6. The lowest BCUT2D eigenvalue weighted by molar-refractivity contribution is -0.115. The van der Waals surface area contributed by atoms with Gasteiger partial charge in [-0.2, -0.15) is 18.2 Å². The van der Waals surface area contributed by atoms with Crippen LogP contribution in [0, 0.1) is 0 Å². The molecule has 0 aliphatic carbocycles. The Bertz CT molecular complexity index is 1140. The number of nitrogens with zero attached hydrogens (tertiary/aromatic N) is 4. The van der Waals surface area contributed by atoms with E-state index in [4.69, 9.17) is 9.47 Å². The van der Waals surface area contributed by atoms with Crippen molar-refractivity contribution in [1.82, 2.24) is 9.97 Å². The normalized spacial score (nSPS) is 13.5. The summed E-state index contributed by atoms with van der Waals surface area (Å²) in [6.45, 7) is -1.15. The molecule has 4 rings (SSSR count). The molecule has 0 radical (unpaired) electrons. The maximum atomic E-state index is 13.6. The van der Waals surface area contributed by atoms with Crippen molar-refractivity contribution >= 4 is 29.2 Å². The Hall–Kier alpha value is -4.02. The van der Waals surface area contributed by atoms with Gasteiger partial charge < -0.3 is 14.8 Å². The maximum Gasteiger partial charge on any atom is 0.405 e. The van der Waals surface area contributed by atoms with Gasteiger partial charge in [0, 0.05) is 17.4 Å². The zero-order chi connectivity index (χ0) is 23.6. The molecule has 1 N–H and O–H groups in total. The standard InChI is InChI=1S/C22H20F3N5O3/c1-32-17-7-3-15(4-8-17)29-12-14-11-26-20(27-13-22(23,24)25)28-19(14)30(21(29)31)16-5-9-18(33-2)10-6-16/h3-11H,12-13H2,1-2H3,(H,26,27,28). The van der Waals surface area contributed by atoms with Gasteiger partial charge >= 0.3 is 12.2 Å². The van der Waals surface area contributed by atoms with Crippen molar-refractivity contribution in [2.45, 2.75) is 12.7 Å². The molecule has 1 aliphatic heterocycles. The molecule has 0 spiro atoms. The molecule has 2 amide bonds. The van der Waals surface area contributed by atoms with E-state index in [1.165, 1.54) is 23.1 Å². The summed E-state index contributed by atoms with van der Waals surface area (Å²) in [4.78, 5) is 24.6. The molecule has 0 unspecified atom stereocenters. The molecule has 172 valence electrons. The summed E-state index contributed by atoms with van der Waals surface area (Å²) in [5, 5.41) is 2.16. The van der Waals surface area contributed by atoms with Crippen LogP contribution in [-0.4, -0.2) is 42.9 Å². The molecule has 8 nitrogen and oxygen atoms in total. The number of fused-ring (bicyclic) bond motifs is 1. The van der Waals surface area contributed by atoms with E-state index in [2.05, 4.69) is 15.3 Å². The first-order valence-electron chi connectivity index (χ1n) is 9.85. The van der Waals surface area contributed by atoms with Gasteiger partial charge in [-0.3, -0.25) is 4.90 Å². The summed E-state index contributed by atoms with van der Waals surface area (Å²) >= 11 is 0. The molecule has 11 heteroatoms. The van der Waals surface area contributed by atoms with Crippen molar-refractivity contribution < 1.29 is 27.4 Å². The summed E-state index contributed by atoms with van der Waals surface area (Å²) in [6, 6.07) is 13.2. The van der Waals surface area contributed by atoms with Crippen molar-refractivity contribution in [3.8, 4) is 11.5 Å². The molecule has 0 saturated heterocycles. The number of anilines is 4. The van der Waals surface area contributed by atoms with Crippen LogP contribution in [0.4, 0.5) is 41.1 Å². The first-order chi connectivity index (χ1) is 15.8. The third kappa shape index (κ3) is 4.76. The number of carbonyl (C=O) groups is 1. The highest BCUT2D eigenvalue weighted by atomic mass is 19.4. The average molecular weight is 459 g/mol. The molecule has 1 aliphatic rings. The van der Waals surface area contributed by atoms with Gasteiger partial charge in [0.25, 0.3) is 0 Å². The predicted molar refractivity (Wildman–Crippen MR) is 116 cm³/mol. The summed E-state index contributed by atoms with van der Waals surface area (Å²) in [5.74, 6) is 1.20. The second kappa shape index (κ2) is 8.85. The highest BCUT2D eigenvalue weighted by Crippen LogP contribution is 2.37. The Kier molecular flexibility index (Phi) is 5.95. The predicted octanol–water partition coefficient (Wildman–Crippen LogP) is 4.75. The van der Waals surface area contributed by atoms with E-state index in [1.54, 1.807) is 55.6 Å². The van der Waals surface area contributed by atoms with Crippen LogP contribution in [-0.2, 0) is 6.54 Å². The molecule has 1 aromatic heterocycles. The Morgan fingerprint density at radius 2 is 1.55 bits per heavy atom. The fourth-order valence-electron chi connectivity index (χ4n) is 3.34. The smallest absolute Gasteiger partial charge is 0.405 e. The number of ether oxygens (including phenoxy) is 2. The minimum atomic E-state index is -4.43. The van der Waals surface area contributed by atoms with Crippen molar-refractivity contribution in [2.24, 2.45) is 0 Å². The van der Waals surface area contributed by atoms with Crippen molar-refractivity contribution in [2.75, 3.05) is 35.9 Å². The van der Waals surface area contributed by atoms with Crippen LogP contribution in [0.5, 0.6) is 11.5 Å². The number of methoxy groups -OCH3 is 2. The molecular weight excluding hydrogens is 439 g/mol. The largest absolute Gasteiger partial charge is 0.497 e. The van der Waals surface area contributed by atoms with Gasteiger partial charge in [0.2, 0.25) is 5.95 Å². The Morgan fingerprint density at radius 1 is 0.970 bits per heavy atom. The third-order valence-electron chi connectivity index (χ3n) is 4.97. The van der Waals surface area contributed by atoms with Gasteiger partial charge in [-0.25, -0.2) is 14.7 Å². The SMILES string of the molecule is COc1ccc(N2Cc3cnc(NCC(F)(F)F)nc3N(c3ccc(OC)cc3)C2=O)cc1. The average Bonchev–Trinajstić information content (AvgIpc) is 2.82. The fraction of sp³-hybridized carbons (Fsp3) is 0.227. The number of amides is 2. The summed E-state index contributed by atoms with van der Waals surface area (Å²) in [6.07, 6.45) is -3.02. The lowest BCUT2D eigenvalue weighted by atomic mass is 10.1. The Labute approximate surface area is 187 Å². The van der Waals surface area contributed by atoms with E-state index in [0.29, 0.717) is 28.4 Å². The van der Waals surface area contributed by atoms with Crippen LogP contribution in [0.3, 0.4) is 0 Å². The number of rotatable bonds is 6. The van der Waals surface area contributed by atoms with E-state index in [-0.39, 0.29) is 18.3 Å². The summed E-state index contributed by atoms with van der Waals surface area (Å²) < 4.78 is 48.3. The van der Waals surface area contributed by atoms with E-state index in [0.717, 1.165) is 0 Å². The molecule has 0 atom stereocenters. The van der Waals surface area contributed by atoms with Crippen LogP contribution in [0.25, 0.3) is 0 Å². The van der Waals surface area contributed by atoms with Crippen molar-refractivity contribution in [1.29, 1.82) is 0 Å². The number of benzene rings is 2. The number of hydrogen-bond donors (Lipinski definition) is 1. The van der Waals surface area contributed by atoms with Crippen LogP contribution in [0.1, 0.15) is 5.56 Å². The zero-order valence-corrected chi connectivity index (χ0v) is 17.8. The lowest BCUT2D eigenvalue weighted by Crippen LogP contribution is -2.45. The number of nitrogens with one attached hydrogen (secondary N) is 1. The summed E-state index contributed by atoms with van der Waals surface area (Å²) in [5.41, 5.74) is 1.66. The molecule has 0 bridgehead atoms. The summed E-state index contributed by atoms with van der Waals surface area (Å²) in [7, 11) is 3.07. The number of urea groups is 1. The van der Waals surface area contributed by atoms with Crippen LogP contribution in [0.2, 0.25) is 0 Å². The van der Waals surface area contributed by atoms with Gasteiger partial charge in [-0.15, -0.1) is 0 Å². The molecule has 2 aromatic carbocycles. The molecule has 0 fully saturated rings. The first-order valence-corrected chi connectivity index (χ1v) is 9.85. The lowest BCUT2D eigenvalue weighted by Gasteiger charge is -2.36. The van der Waals surface area contributed by atoms with E-state index in [1.807, 2.05) is 0 Å². The highest BCUT2D eigenvalue weighted by molar-refractivity contribution is 6.10. The van der Waals surface area contributed by atoms with E-state index in [9.17, 15) is 18.0 Å². The second-order valence-corrected chi connectivity index (χ2v) is 7.11. The quantitative estimate of drug-likeness (QED) is 0.573. The number of alkyl halides is 3. The molecule has 2 heterocycles. The third-order valence-corrected chi connectivity index (χ3v) is 4.97. The van der Waals surface area contributed by atoms with Crippen LogP contribution < -0.4 is 24.6 Å². The minimum Gasteiger partial charge on any atom is -0.497 e. The Balaban J connectivity index is 1.75. The van der Waals surface area contributed by atoms with E-state index < -0.39 is 18.8 Å². The molecule has 3 aromatic rings.